The molecule has 120 valence electrons. The third-order valence-electron chi connectivity index (χ3n) is 3.17. The monoisotopic (exact) mass is 309 g/mol. The minimum atomic E-state index is 0.958. The molecule has 23 heavy (non-hydrogen) atoms. The molecule has 1 aliphatic heterocycles. The molecule has 3 aromatic rings. The van der Waals surface area contributed by atoms with E-state index >= 15 is 0 Å². The van der Waals surface area contributed by atoms with Crippen LogP contribution in [0, 0.1) is 6.92 Å². The standard InChI is InChI=1S/C9H7N.C6H10N2.C3H6N2/c1-2-6-9-8(4-1)5-3-7-10-9;1-3-6-7-4-5(2)8-6;1-2-5-3-4-1/h1-7H;4H,3H2,1-2H3,(H,7,8);3H,1-2H2,(H,4,5). The highest BCUT2D eigenvalue weighted by Crippen LogP contribution is 2.07. The summed E-state index contributed by atoms with van der Waals surface area (Å²) in [6.07, 6.45) is 6.45. The number of aliphatic imine (C=N–C) groups is 1. The van der Waals surface area contributed by atoms with Crippen molar-refractivity contribution in [2.75, 3.05) is 13.1 Å². The van der Waals surface area contributed by atoms with Crippen LogP contribution in [0.4, 0.5) is 0 Å². The Kier molecular flexibility index (Phi) is 6.78. The summed E-state index contributed by atoms with van der Waals surface area (Å²) in [6, 6.07) is 12.1. The van der Waals surface area contributed by atoms with E-state index in [1.54, 1.807) is 6.34 Å². The first-order valence-electron chi connectivity index (χ1n) is 7.82. The third-order valence-corrected chi connectivity index (χ3v) is 3.17. The number of fused-ring (bicyclic) bond motifs is 1. The number of para-hydroxylation sites is 1. The summed E-state index contributed by atoms with van der Waals surface area (Å²) < 4.78 is 0. The van der Waals surface area contributed by atoms with Crippen LogP contribution in [-0.4, -0.2) is 34.4 Å². The van der Waals surface area contributed by atoms with Crippen LogP contribution in [0.15, 0.2) is 53.8 Å². The van der Waals surface area contributed by atoms with E-state index in [-0.39, 0.29) is 0 Å². The van der Waals surface area contributed by atoms with Gasteiger partial charge in [0.2, 0.25) is 0 Å². The number of pyridine rings is 1. The molecule has 0 atom stereocenters. The zero-order valence-corrected chi connectivity index (χ0v) is 13.7. The Bertz CT molecular complexity index is 661. The predicted octanol–water partition coefficient (Wildman–Crippen LogP) is 3.13. The van der Waals surface area contributed by atoms with E-state index in [4.69, 9.17) is 0 Å². The molecule has 0 amide bonds. The van der Waals surface area contributed by atoms with E-state index in [1.165, 1.54) is 5.39 Å². The molecule has 3 heterocycles. The van der Waals surface area contributed by atoms with Gasteiger partial charge in [-0.15, -0.1) is 0 Å². The average molecular weight is 309 g/mol. The first kappa shape index (κ1) is 16.7. The number of aromatic amines is 1. The Morgan fingerprint density at radius 2 is 1.96 bits per heavy atom. The van der Waals surface area contributed by atoms with Crippen molar-refractivity contribution in [3.8, 4) is 0 Å². The summed E-state index contributed by atoms with van der Waals surface area (Å²) in [5.74, 6) is 1.07. The highest BCUT2D eigenvalue weighted by Gasteiger charge is 1.90. The number of rotatable bonds is 1. The molecule has 4 rings (SSSR count). The van der Waals surface area contributed by atoms with Crippen LogP contribution in [-0.2, 0) is 6.42 Å². The van der Waals surface area contributed by atoms with Gasteiger partial charge in [-0.3, -0.25) is 9.98 Å². The molecular weight excluding hydrogens is 286 g/mol. The van der Waals surface area contributed by atoms with Gasteiger partial charge in [-0.05, 0) is 19.1 Å². The number of aryl methyl sites for hydroxylation is 2. The lowest BCUT2D eigenvalue weighted by molar-refractivity contribution is 0.965. The van der Waals surface area contributed by atoms with Gasteiger partial charge in [-0.2, -0.15) is 0 Å². The number of hydrogen-bond acceptors (Lipinski definition) is 4. The summed E-state index contributed by atoms with van der Waals surface area (Å²) in [5, 5.41) is 4.13. The summed E-state index contributed by atoms with van der Waals surface area (Å²) in [6.45, 7) is 6.05. The molecule has 0 aliphatic carbocycles. The molecule has 0 unspecified atom stereocenters. The van der Waals surface area contributed by atoms with E-state index in [1.807, 2.05) is 43.6 Å². The van der Waals surface area contributed by atoms with Crippen LogP contribution in [0.1, 0.15) is 18.4 Å². The third kappa shape index (κ3) is 5.90. The predicted molar refractivity (Wildman–Crippen MR) is 95.8 cm³/mol. The van der Waals surface area contributed by atoms with E-state index in [0.29, 0.717) is 0 Å². The number of benzene rings is 1. The molecule has 0 bridgehead atoms. The van der Waals surface area contributed by atoms with Gasteiger partial charge in [0.1, 0.15) is 5.82 Å². The maximum absolute atomic E-state index is 4.18. The SMILES string of the molecule is C1=NCCN1.CCc1nc(C)c[nH]1.c1ccc2ncccc2c1. The Hall–Kier alpha value is -2.69. The highest BCUT2D eigenvalue weighted by atomic mass is 15.0. The van der Waals surface area contributed by atoms with Gasteiger partial charge in [0.05, 0.1) is 24.1 Å². The van der Waals surface area contributed by atoms with Crippen LogP contribution in [0.3, 0.4) is 0 Å². The first-order valence-corrected chi connectivity index (χ1v) is 7.82. The first-order chi connectivity index (χ1) is 11.3. The van der Waals surface area contributed by atoms with E-state index in [9.17, 15) is 0 Å². The molecule has 5 heteroatoms. The molecule has 0 saturated heterocycles. The van der Waals surface area contributed by atoms with Crippen LogP contribution in [0.25, 0.3) is 10.9 Å². The van der Waals surface area contributed by atoms with E-state index in [2.05, 4.69) is 44.3 Å². The molecule has 2 N–H and O–H groups in total. The molecule has 1 aliphatic rings. The van der Waals surface area contributed by atoms with Crippen molar-refractivity contribution >= 4 is 17.2 Å². The fourth-order valence-electron chi connectivity index (χ4n) is 1.99. The molecule has 0 radical (unpaired) electrons. The quantitative estimate of drug-likeness (QED) is 0.726. The molecule has 1 aromatic carbocycles. The number of nitrogens with one attached hydrogen (secondary N) is 2. The van der Waals surface area contributed by atoms with Gasteiger partial charge in [0.25, 0.3) is 0 Å². The number of nitrogens with zero attached hydrogens (tertiary/aromatic N) is 3. The van der Waals surface area contributed by atoms with Crippen molar-refractivity contribution in [2.24, 2.45) is 4.99 Å². The number of aromatic nitrogens is 3. The summed E-state index contributed by atoms with van der Waals surface area (Å²) >= 11 is 0. The minimum absolute atomic E-state index is 0.958. The lowest BCUT2D eigenvalue weighted by atomic mass is 10.2. The summed E-state index contributed by atoms with van der Waals surface area (Å²) in [4.78, 5) is 15.2. The van der Waals surface area contributed by atoms with Gasteiger partial charge in [0.15, 0.2) is 0 Å². The molecular formula is C18H23N5. The van der Waals surface area contributed by atoms with Crippen LogP contribution >= 0.6 is 0 Å². The average Bonchev–Trinajstić information content (AvgIpc) is 3.30. The molecule has 5 nitrogen and oxygen atoms in total. The number of hydrogen-bond donors (Lipinski definition) is 2. The maximum atomic E-state index is 4.18. The van der Waals surface area contributed by atoms with Gasteiger partial charge in [0, 0.05) is 30.7 Å². The highest BCUT2D eigenvalue weighted by molar-refractivity contribution is 5.77. The van der Waals surface area contributed by atoms with Crippen LogP contribution in [0.2, 0.25) is 0 Å². The second-order valence-electron chi connectivity index (χ2n) is 5.03. The lowest BCUT2D eigenvalue weighted by Gasteiger charge is -1.91. The number of H-pyrrole nitrogens is 1. The molecule has 0 fully saturated rings. The topological polar surface area (TPSA) is 66.0 Å². The van der Waals surface area contributed by atoms with Gasteiger partial charge in [-0.1, -0.05) is 31.2 Å². The second kappa shape index (κ2) is 9.35. The fraction of sp³-hybridized carbons (Fsp3) is 0.278. The van der Waals surface area contributed by atoms with Crippen molar-refractivity contribution in [2.45, 2.75) is 20.3 Å². The Morgan fingerprint density at radius 3 is 2.48 bits per heavy atom. The second-order valence-corrected chi connectivity index (χ2v) is 5.03. The van der Waals surface area contributed by atoms with Crippen LogP contribution < -0.4 is 5.32 Å². The summed E-state index contributed by atoms with van der Waals surface area (Å²) in [7, 11) is 0. The van der Waals surface area contributed by atoms with Crippen molar-refractivity contribution in [1.29, 1.82) is 0 Å². The zero-order valence-electron chi connectivity index (χ0n) is 13.7. The molecule has 2 aromatic heterocycles. The van der Waals surface area contributed by atoms with Gasteiger partial charge in [-0.25, -0.2) is 4.98 Å². The maximum Gasteiger partial charge on any atom is 0.106 e. The minimum Gasteiger partial charge on any atom is -0.375 e. The van der Waals surface area contributed by atoms with Crippen molar-refractivity contribution in [3.63, 3.8) is 0 Å². The van der Waals surface area contributed by atoms with Gasteiger partial charge >= 0.3 is 0 Å². The number of imidazole rings is 1. The largest absolute Gasteiger partial charge is 0.375 e. The van der Waals surface area contributed by atoms with Crippen molar-refractivity contribution in [3.05, 3.63) is 60.3 Å². The smallest absolute Gasteiger partial charge is 0.106 e. The van der Waals surface area contributed by atoms with Crippen molar-refractivity contribution < 1.29 is 0 Å². The Balaban J connectivity index is 0.000000133. The zero-order chi connectivity index (χ0) is 16.3. The summed E-state index contributed by atoms with van der Waals surface area (Å²) in [5.41, 5.74) is 2.13. The molecule has 0 saturated carbocycles. The Morgan fingerprint density at radius 1 is 1.13 bits per heavy atom. The van der Waals surface area contributed by atoms with Gasteiger partial charge < -0.3 is 10.3 Å². The Labute approximate surface area is 136 Å². The van der Waals surface area contributed by atoms with E-state index < -0.39 is 0 Å². The fourth-order valence-corrected chi connectivity index (χ4v) is 1.99. The lowest BCUT2D eigenvalue weighted by Crippen LogP contribution is -2.04. The van der Waals surface area contributed by atoms with E-state index in [0.717, 1.165) is 36.5 Å². The normalized spacial score (nSPS) is 11.9. The molecule has 0 spiro atoms. The van der Waals surface area contributed by atoms with Crippen LogP contribution in [0.5, 0.6) is 0 Å². The van der Waals surface area contributed by atoms with Crippen molar-refractivity contribution in [1.82, 2.24) is 20.3 Å².